The third-order valence-electron chi connectivity index (χ3n) is 3.57. The number of fused-ring (bicyclic) bond motifs is 1. The summed E-state index contributed by atoms with van der Waals surface area (Å²) in [6, 6.07) is 9.14. The highest BCUT2D eigenvalue weighted by molar-refractivity contribution is 6.30. The van der Waals surface area contributed by atoms with Crippen molar-refractivity contribution < 1.29 is 22.4 Å². The third-order valence-corrected chi connectivity index (χ3v) is 3.81. The maximum Gasteiger partial charge on any atom is 0.389 e. The molecule has 4 nitrogen and oxygen atoms in total. The molecule has 0 saturated heterocycles. The second-order valence-corrected chi connectivity index (χ2v) is 5.99. The molecule has 0 saturated carbocycles. The number of rotatable bonds is 4. The molecule has 2 heterocycles. The van der Waals surface area contributed by atoms with Gasteiger partial charge in [0.15, 0.2) is 5.82 Å². The summed E-state index contributed by atoms with van der Waals surface area (Å²) in [6.45, 7) is 0. The quantitative estimate of drug-likeness (QED) is 0.637. The summed E-state index contributed by atoms with van der Waals surface area (Å²) in [7, 11) is 0. The molecule has 0 unspecified atom stereocenters. The van der Waals surface area contributed by atoms with Gasteiger partial charge in [-0.05, 0) is 24.3 Å². The minimum atomic E-state index is -4.44. The topological polar surface area (TPSA) is 46.4 Å². The molecule has 0 radical (unpaired) electrons. The lowest BCUT2D eigenvalue weighted by molar-refractivity contribution is -0.142. The van der Waals surface area contributed by atoms with Gasteiger partial charge in [0, 0.05) is 23.2 Å². The molecule has 0 aliphatic rings. The fraction of sp³-hybridized carbons (Fsp3) is 0.176. The van der Waals surface area contributed by atoms with Crippen LogP contribution in [0.15, 0.2) is 42.6 Å². The Labute approximate surface area is 150 Å². The van der Waals surface area contributed by atoms with E-state index in [9.17, 15) is 22.4 Å². The first-order valence-corrected chi connectivity index (χ1v) is 7.91. The van der Waals surface area contributed by atoms with Gasteiger partial charge in [0.25, 0.3) is 0 Å². The van der Waals surface area contributed by atoms with Crippen LogP contribution in [-0.4, -0.2) is 21.5 Å². The average molecular weight is 386 g/mol. The maximum atomic E-state index is 13.6. The van der Waals surface area contributed by atoms with Crippen LogP contribution >= 0.6 is 11.6 Å². The fourth-order valence-electron chi connectivity index (χ4n) is 2.47. The van der Waals surface area contributed by atoms with E-state index in [0.29, 0.717) is 21.9 Å². The molecule has 136 valence electrons. The molecule has 3 aromatic rings. The van der Waals surface area contributed by atoms with E-state index in [0.717, 1.165) is 0 Å². The summed E-state index contributed by atoms with van der Waals surface area (Å²) in [4.78, 5) is 16.1. The smallest absolute Gasteiger partial charge is 0.309 e. The van der Waals surface area contributed by atoms with Gasteiger partial charge in [-0.1, -0.05) is 23.7 Å². The zero-order chi connectivity index (χ0) is 18.9. The Morgan fingerprint density at radius 1 is 1.23 bits per heavy atom. The second-order valence-electron chi connectivity index (χ2n) is 5.56. The number of amides is 1. The lowest BCUT2D eigenvalue weighted by atomic mass is 10.1. The first-order chi connectivity index (χ1) is 12.2. The molecule has 2 aromatic heterocycles. The minimum Gasteiger partial charge on any atom is -0.309 e. The molecular formula is C17H12ClF4N3O. The largest absolute Gasteiger partial charge is 0.389 e. The highest BCUT2D eigenvalue weighted by Crippen LogP contribution is 2.31. The summed E-state index contributed by atoms with van der Waals surface area (Å²) in [5.74, 6) is -1.34. The maximum absolute atomic E-state index is 13.6. The number of carbonyl (C=O) groups excluding carboxylic acids is 1. The molecule has 0 aliphatic heterocycles. The van der Waals surface area contributed by atoms with Crippen molar-refractivity contribution in [2.24, 2.45) is 0 Å². The van der Waals surface area contributed by atoms with Crippen molar-refractivity contribution in [3.05, 3.63) is 53.4 Å². The summed E-state index contributed by atoms with van der Waals surface area (Å²) in [5.41, 5.74) is 1.18. The highest BCUT2D eigenvalue weighted by Gasteiger charge is 2.28. The van der Waals surface area contributed by atoms with Crippen molar-refractivity contribution in [3.63, 3.8) is 0 Å². The number of pyridine rings is 1. The van der Waals surface area contributed by atoms with Gasteiger partial charge in [0.05, 0.1) is 12.1 Å². The lowest BCUT2D eigenvalue weighted by Gasteiger charge is -2.09. The number of hydrogen-bond acceptors (Lipinski definition) is 2. The Kier molecular flexibility index (Phi) is 4.86. The minimum absolute atomic E-state index is 0.0324. The van der Waals surface area contributed by atoms with E-state index in [1.165, 1.54) is 22.7 Å². The summed E-state index contributed by atoms with van der Waals surface area (Å²) < 4.78 is 51.9. The van der Waals surface area contributed by atoms with Gasteiger partial charge in [0.2, 0.25) is 5.91 Å². The van der Waals surface area contributed by atoms with Crippen LogP contribution in [0.5, 0.6) is 0 Å². The monoisotopic (exact) mass is 385 g/mol. The second kappa shape index (κ2) is 6.95. The Morgan fingerprint density at radius 3 is 2.69 bits per heavy atom. The number of aromatic nitrogens is 2. The molecule has 1 aromatic carbocycles. The standard InChI is InChI=1S/C17H12ClF4N3O/c18-11-3-1-2-10(8-11)15-16(24-14(26)6-7-17(20,21)22)23-13-5-4-12(19)9-25(13)15/h1-5,8-9H,6-7H2,(H,24,26). The van der Waals surface area contributed by atoms with E-state index in [4.69, 9.17) is 11.6 Å². The first kappa shape index (κ1) is 18.2. The van der Waals surface area contributed by atoms with E-state index >= 15 is 0 Å². The Balaban J connectivity index is 2.02. The van der Waals surface area contributed by atoms with Crippen molar-refractivity contribution in [1.82, 2.24) is 9.38 Å². The Bertz CT molecular complexity index is 968. The Morgan fingerprint density at radius 2 is 2.00 bits per heavy atom. The van der Waals surface area contributed by atoms with Crippen LogP contribution in [-0.2, 0) is 4.79 Å². The van der Waals surface area contributed by atoms with Gasteiger partial charge in [0.1, 0.15) is 11.5 Å². The molecule has 1 amide bonds. The number of nitrogens with zero attached hydrogens (tertiary/aromatic N) is 2. The molecule has 0 aliphatic carbocycles. The van der Waals surface area contributed by atoms with Gasteiger partial charge in [-0.2, -0.15) is 13.2 Å². The predicted octanol–water partition coefficient (Wildman–Crippen LogP) is 5.07. The number of anilines is 1. The van der Waals surface area contributed by atoms with Crippen molar-refractivity contribution in [2.45, 2.75) is 19.0 Å². The molecule has 0 bridgehead atoms. The number of hydrogen-bond donors (Lipinski definition) is 1. The van der Waals surface area contributed by atoms with E-state index in [1.807, 2.05) is 0 Å². The molecule has 0 spiro atoms. The third kappa shape index (κ3) is 4.13. The van der Waals surface area contributed by atoms with Crippen LogP contribution in [0.2, 0.25) is 5.02 Å². The van der Waals surface area contributed by atoms with Gasteiger partial charge in [-0.15, -0.1) is 0 Å². The normalized spacial score (nSPS) is 11.7. The van der Waals surface area contributed by atoms with Crippen LogP contribution in [0.25, 0.3) is 16.9 Å². The van der Waals surface area contributed by atoms with Crippen LogP contribution in [0.1, 0.15) is 12.8 Å². The van der Waals surface area contributed by atoms with E-state index in [2.05, 4.69) is 10.3 Å². The Hall–Kier alpha value is -2.61. The highest BCUT2D eigenvalue weighted by atomic mass is 35.5. The SMILES string of the molecule is O=C(CCC(F)(F)F)Nc1nc2ccc(F)cn2c1-c1cccc(Cl)c1. The molecule has 26 heavy (non-hydrogen) atoms. The average Bonchev–Trinajstić information content (AvgIpc) is 2.89. The van der Waals surface area contributed by atoms with Crippen LogP contribution in [0.3, 0.4) is 0 Å². The predicted molar refractivity (Wildman–Crippen MR) is 89.5 cm³/mol. The van der Waals surface area contributed by atoms with E-state index in [-0.39, 0.29) is 5.82 Å². The summed E-state index contributed by atoms with van der Waals surface area (Å²) in [6.07, 6.45) is -5.24. The zero-order valence-electron chi connectivity index (χ0n) is 13.1. The molecule has 1 N–H and O–H groups in total. The van der Waals surface area contributed by atoms with Gasteiger partial charge < -0.3 is 5.32 Å². The number of halogens is 5. The summed E-state index contributed by atoms with van der Waals surface area (Å²) >= 11 is 5.99. The molecular weight excluding hydrogens is 374 g/mol. The number of imidazole rings is 1. The van der Waals surface area contributed by atoms with Crippen LogP contribution in [0.4, 0.5) is 23.4 Å². The lowest BCUT2D eigenvalue weighted by Crippen LogP contribution is -2.17. The number of alkyl halides is 3. The fourth-order valence-corrected chi connectivity index (χ4v) is 2.66. The molecule has 0 fully saturated rings. The first-order valence-electron chi connectivity index (χ1n) is 7.53. The van der Waals surface area contributed by atoms with Crippen LogP contribution in [0, 0.1) is 5.82 Å². The van der Waals surface area contributed by atoms with Crippen molar-refractivity contribution >= 4 is 29.0 Å². The number of carbonyl (C=O) groups is 1. The van der Waals surface area contributed by atoms with Crippen molar-refractivity contribution in [3.8, 4) is 11.3 Å². The van der Waals surface area contributed by atoms with Gasteiger partial charge in [-0.3, -0.25) is 9.20 Å². The molecule has 3 rings (SSSR count). The van der Waals surface area contributed by atoms with E-state index < -0.39 is 30.7 Å². The van der Waals surface area contributed by atoms with Crippen LogP contribution < -0.4 is 5.32 Å². The van der Waals surface area contributed by atoms with Crippen molar-refractivity contribution in [2.75, 3.05) is 5.32 Å². The number of benzene rings is 1. The summed E-state index contributed by atoms with van der Waals surface area (Å²) in [5, 5.41) is 2.78. The van der Waals surface area contributed by atoms with Crippen molar-refractivity contribution in [1.29, 1.82) is 0 Å². The van der Waals surface area contributed by atoms with E-state index in [1.54, 1.807) is 24.3 Å². The number of nitrogens with one attached hydrogen (secondary N) is 1. The van der Waals surface area contributed by atoms with Gasteiger partial charge in [-0.25, -0.2) is 9.37 Å². The zero-order valence-corrected chi connectivity index (χ0v) is 13.9. The van der Waals surface area contributed by atoms with Gasteiger partial charge >= 0.3 is 6.18 Å². The molecule has 9 heteroatoms. The molecule has 0 atom stereocenters.